The van der Waals surface area contributed by atoms with Gasteiger partial charge in [-0.1, -0.05) is 71.1 Å². The lowest BCUT2D eigenvalue weighted by atomic mass is 10.1. The van der Waals surface area contributed by atoms with E-state index in [1.807, 2.05) is 0 Å². The maximum absolute atomic E-state index is 11.6. The molecule has 0 heterocycles. The van der Waals surface area contributed by atoms with Crippen LogP contribution < -0.4 is 5.32 Å². The molecule has 0 saturated carbocycles. The van der Waals surface area contributed by atoms with Crippen molar-refractivity contribution in [3.63, 3.8) is 0 Å². The molecule has 0 fully saturated rings. The molecule has 0 aliphatic carbocycles. The van der Waals surface area contributed by atoms with Gasteiger partial charge in [-0.05, 0) is 6.42 Å². The topological polar surface area (TPSA) is 81.7 Å². The van der Waals surface area contributed by atoms with Crippen LogP contribution in [0.3, 0.4) is 0 Å². The van der Waals surface area contributed by atoms with Crippen LogP contribution in [0.2, 0.25) is 0 Å². The quantitative estimate of drug-likeness (QED) is 0.252. The number of hydrogen-bond acceptors (Lipinski definition) is 5. The maximum atomic E-state index is 11.6. The van der Waals surface area contributed by atoms with Crippen molar-refractivity contribution in [3.05, 3.63) is 0 Å². The third-order valence-corrected chi connectivity index (χ3v) is 4.63. The van der Waals surface area contributed by atoms with Crippen LogP contribution in [0.4, 0.5) is 0 Å². The fourth-order valence-corrected chi connectivity index (χ4v) is 2.85. The SMILES string of the molecule is CCCCCCCCCCCCCC(=O)OCCCOC(=O)CCC(=O)NC. The number of carbonyl (C=O) groups is 3. The van der Waals surface area contributed by atoms with Crippen molar-refractivity contribution in [2.24, 2.45) is 0 Å². The van der Waals surface area contributed by atoms with Gasteiger partial charge in [0.1, 0.15) is 0 Å². The monoisotopic (exact) mass is 399 g/mol. The van der Waals surface area contributed by atoms with Crippen LogP contribution in [0, 0.1) is 0 Å². The Kier molecular flexibility index (Phi) is 19.0. The zero-order valence-corrected chi connectivity index (χ0v) is 18.1. The number of rotatable bonds is 19. The summed E-state index contributed by atoms with van der Waals surface area (Å²) in [6.45, 7) is 2.71. The summed E-state index contributed by atoms with van der Waals surface area (Å²) in [6.07, 6.45) is 14.9. The number of amides is 1. The summed E-state index contributed by atoms with van der Waals surface area (Å²) < 4.78 is 10.1. The molecule has 0 aromatic carbocycles. The molecule has 28 heavy (non-hydrogen) atoms. The van der Waals surface area contributed by atoms with Crippen molar-refractivity contribution in [1.82, 2.24) is 5.32 Å². The van der Waals surface area contributed by atoms with Crippen molar-refractivity contribution in [2.75, 3.05) is 20.3 Å². The predicted molar refractivity (Wildman–Crippen MR) is 111 cm³/mol. The van der Waals surface area contributed by atoms with Crippen molar-refractivity contribution < 1.29 is 23.9 Å². The van der Waals surface area contributed by atoms with E-state index >= 15 is 0 Å². The number of unbranched alkanes of at least 4 members (excludes halogenated alkanes) is 10. The van der Waals surface area contributed by atoms with Gasteiger partial charge in [0.15, 0.2) is 0 Å². The summed E-state index contributed by atoms with van der Waals surface area (Å²) in [4.78, 5) is 34.0. The van der Waals surface area contributed by atoms with Gasteiger partial charge in [0.05, 0.1) is 19.6 Å². The van der Waals surface area contributed by atoms with Crippen molar-refractivity contribution in [1.29, 1.82) is 0 Å². The van der Waals surface area contributed by atoms with Gasteiger partial charge in [-0.2, -0.15) is 0 Å². The first kappa shape index (κ1) is 26.4. The van der Waals surface area contributed by atoms with E-state index in [1.165, 1.54) is 64.8 Å². The van der Waals surface area contributed by atoms with E-state index in [-0.39, 0.29) is 37.9 Å². The zero-order valence-electron chi connectivity index (χ0n) is 18.1. The molecular formula is C22H41NO5. The molecule has 6 heteroatoms. The Labute approximate surface area is 171 Å². The number of ether oxygens (including phenoxy) is 2. The molecule has 164 valence electrons. The third kappa shape index (κ3) is 19.2. The summed E-state index contributed by atoms with van der Waals surface area (Å²) in [5.74, 6) is -0.772. The van der Waals surface area contributed by atoms with E-state index < -0.39 is 5.97 Å². The van der Waals surface area contributed by atoms with Crippen molar-refractivity contribution >= 4 is 17.8 Å². The molecule has 0 aliphatic heterocycles. The second-order valence-corrected chi connectivity index (χ2v) is 7.25. The highest BCUT2D eigenvalue weighted by atomic mass is 16.5. The summed E-state index contributed by atoms with van der Waals surface area (Å²) in [6, 6.07) is 0. The molecular weight excluding hydrogens is 358 g/mol. The minimum Gasteiger partial charge on any atom is -0.466 e. The fourth-order valence-electron chi connectivity index (χ4n) is 2.85. The van der Waals surface area contributed by atoms with Gasteiger partial charge in [0, 0.05) is 26.3 Å². The van der Waals surface area contributed by atoms with Crippen LogP contribution in [0.15, 0.2) is 0 Å². The second-order valence-electron chi connectivity index (χ2n) is 7.25. The Morgan fingerprint density at radius 2 is 1.07 bits per heavy atom. The minimum absolute atomic E-state index is 0.0678. The summed E-state index contributed by atoms with van der Waals surface area (Å²) >= 11 is 0. The van der Waals surface area contributed by atoms with Gasteiger partial charge >= 0.3 is 11.9 Å². The molecule has 1 amide bonds. The first-order chi connectivity index (χ1) is 13.6. The van der Waals surface area contributed by atoms with E-state index in [0.29, 0.717) is 12.8 Å². The van der Waals surface area contributed by atoms with Crippen LogP contribution in [-0.4, -0.2) is 38.1 Å². The summed E-state index contributed by atoms with van der Waals surface area (Å²) in [7, 11) is 1.53. The maximum Gasteiger partial charge on any atom is 0.306 e. The Morgan fingerprint density at radius 1 is 0.607 bits per heavy atom. The Balaban J connectivity index is 3.31. The molecule has 6 nitrogen and oxygen atoms in total. The molecule has 0 aromatic rings. The number of hydrogen-bond donors (Lipinski definition) is 1. The average Bonchev–Trinajstić information content (AvgIpc) is 2.69. The van der Waals surface area contributed by atoms with Crippen LogP contribution in [0.1, 0.15) is 103 Å². The van der Waals surface area contributed by atoms with Gasteiger partial charge in [0.25, 0.3) is 0 Å². The molecule has 0 bridgehead atoms. The highest BCUT2D eigenvalue weighted by molar-refractivity contribution is 5.80. The fraction of sp³-hybridized carbons (Fsp3) is 0.864. The predicted octanol–water partition coefficient (Wildman–Crippen LogP) is 4.69. The molecule has 0 atom stereocenters. The molecule has 0 unspecified atom stereocenters. The molecule has 0 aromatic heterocycles. The Hall–Kier alpha value is -1.59. The second kappa shape index (κ2) is 20.2. The third-order valence-electron chi connectivity index (χ3n) is 4.63. The number of esters is 2. The molecule has 1 N–H and O–H groups in total. The zero-order chi connectivity index (χ0) is 20.9. The molecule has 0 aliphatic rings. The lowest BCUT2D eigenvalue weighted by molar-refractivity contribution is -0.147. The Bertz CT molecular complexity index is 412. The Morgan fingerprint density at radius 3 is 1.57 bits per heavy atom. The van der Waals surface area contributed by atoms with Crippen molar-refractivity contribution in [3.8, 4) is 0 Å². The van der Waals surface area contributed by atoms with E-state index in [2.05, 4.69) is 12.2 Å². The van der Waals surface area contributed by atoms with E-state index in [9.17, 15) is 14.4 Å². The largest absolute Gasteiger partial charge is 0.466 e. The number of nitrogens with one attached hydrogen (secondary N) is 1. The first-order valence-corrected chi connectivity index (χ1v) is 11.1. The highest BCUT2D eigenvalue weighted by Gasteiger charge is 2.07. The minimum atomic E-state index is -0.407. The lowest BCUT2D eigenvalue weighted by Gasteiger charge is -2.06. The van der Waals surface area contributed by atoms with Crippen molar-refractivity contribution in [2.45, 2.75) is 103 Å². The molecule has 0 spiro atoms. The van der Waals surface area contributed by atoms with E-state index in [4.69, 9.17) is 9.47 Å². The van der Waals surface area contributed by atoms with Crippen LogP contribution in [0.5, 0.6) is 0 Å². The van der Waals surface area contributed by atoms with Crippen LogP contribution >= 0.6 is 0 Å². The smallest absolute Gasteiger partial charge is 0.306 e. The van der Waals surface area contributed by atoms with E-state index in [1.54, 1.807) is 0 Å². The summed E-state index contributed by atoms with van der Waals surface area (Å²) in [5.41, 5.74) is 0. The highest BCUT2D eigenvalue weighted by Crippen LogP contribution is 2.12. The standard InChI is InChI=1S/C22H41NO5/c1-3-4-5-6-7-8-9-10-11-12-13-15-21(25)27-18-14-19-28-22(26)17-16-20(24)23-2/h3-19H2,1-2H3,(H,23,24). The average molecular weight is 400 g/mol. The molecule has 0 saturated heterocycles. The normalized spacial score (nSPS) is 10.5. The van der Waals surface area contributed by atoms with Crippen LogP contribution in [-0.2, 0) is 23.9 Å². The first-order valence-electron chi connectivity index (χ1n) is 11.1. The van der Waals surface area contributed by atoms with Crippen LogP contribution in [0.25, 0.3) is 0 Å². The summed E-state index contributed by atoms with van der Waals surface area (Å²) in [5, 5.41) is 2.45. The number of carbonyl (C=O) groups excluding carboxylic acids is 3. The van der Waals surface area contributed by atoms with Gasteiger partial charge in [0.2, 0.25) is 5.91 Å². The molecule has 0 radical (unpaired) electrons. The lowest BCUT2D eigenvalue weighted by Crippen LogP contribution is -2.19. The van der Waals surface area contributed by atoms with Gasteiger partial charge in [-0.3, -0.25) is 14.4 Å². The van der Waals surface area contributed by atoms with E-state index in [0.717, 1.165) is 12.8 Å². The molecule has 0 rings (SSSR count). The van der Waals surface area contributed by atoms with Gasteiger partial charge in [-0.25, -0.2) is 0 Å². The van der Waals surface area contributed by atoms with Gasteiger partial charge < -0.3 is 14.8 Å². The van der Waals surface area contributed by atoms with Gasteiger partial charge in [-0.15, -0.1) is 0 Å².